The third kappa shape index (κ3) is 3.05. The van der Waals surface area contributed by atoms with Crippen LogP contribution in [0, 0.1) is 11.3 Å². The zero-order valence-electron chi connectivity index (χ0n) is 12.2. The van der Waals surface area contributed by atoms with Crippen LogP contribution >= 0.6 is 11.6 Å². The minimum atomic E-state index is -0.858. The fourth-order valence-corrected chi connectivity index (χ4v) is 2.30. The predicted molar refractivity (Wildman–Crippen MR) is 84.3 cm³/mol. The Bertz CT molecular complexity index is 732. The quantitative estimate of drug-likeness (QED) is 0.906. The number of nitrogen functional groups attached to an aromatic ring is 1. The monoisotopic (exact) mass is 317 g/mol. The third-order valence-electron chi connectivity index (χ3n) is 3.19. The third-order valence-corrected chi connectivity index (χ3v) is 3.53. The Hall–Kier alpha value is -2.52. The lowest BCUT2D eigenvalue weighted by Gasteiger charge is -2.13. The Morgan fingerprint density at radius 1 is 1.45 bits per heavy atom. The highest BCUT2D eigenvalue weighted by atomic mass is 35.5. The summed E-state index contributed by atoms with van der Waals surface area (Å²) in [7, 11) is 0. The number of halogens is 1. The molecule has 3 N–H and O–H groups in total. The standard InChI is InChI=1S/C15H16ClN5O/c1-9(2)21-14(18)11(8-19-21)15(22)20-13(7-17)10-5-3-4-6-12(10)16/h3-6,8-9,13H,18H2,1-2H3,(H,20,22)/t13-/m0/s1. The largest absolute Gasteiger partial charge is 0.383 e. The lowest BCUT2D eigenvalue weighted by atomic mass is 10.1. The van der Waals surface area contributed by atoms with Crippen molar-refractivity contribution in [3.63, 3.8) is 0 Å². The van der Waals surface area contributed by atoms with Crippen LogP contribution in [0.2, 0.25) is 5.02 Å². The van der Waals surface area contributed by atoms with Gasteiger partial charge in [0.15, 0.2) is 0 Å². The molecule has 1 aromatic carbocycles. The maximum Gasteiger partial charge on any atom is 0.257 e. The molecular weight excluding hydrogens is 302 g/mol. The van der Waals surface area contributed by atoms with E-state index in [1.165, 1.54) is 6.20 Å². The maximum atomic E-state index is 12.3. The maximum absolute atomic E-state index is 12.3. The number of nitrogens with one attached hydrogen (secondary N) is 1. The average molecular weight is 318 g/mol. The summed E-state index contributed by atoms with van der Waals surface area (Å²) >= 11 is 6.06. The molecule has 22 heavy (non-hydrogen) atoms. The van der Waals surface area contributed by atoms with Crippen LogP contribution in [0.1, 0.15) is 41.9 Å². The molecule has 0 aliphatic carbocycles. The number of hydrogen-bond donors (Lipinski definition) is 2. The van der Waals surface area contributed by atoms with Crippen molar-refractivity contribution in [1.82, 2.24) is 15.1 Å². The first-order valence-electron chi connectivity index (χ1n) is 6.73. The van der Waals surface area contributed by atoms with Crippen molar-refractivity contribution in [2.45, 2.75) is 25.9 Å². The molecular formula is C15H16ClN5O. The van der Waals surface area contributed by atoms with Crippen molar-refractivity contribution in [3.8, 4) is 6.07 Å². The molecule has 6 nitrogen and oxygen atoms in total. The molecule has 0 fully saturated rings. The number of anilines is 1. The van der Waals surface area contributed by atoms with Crippen molar-refractivity contribution in [2.75, 3.05) is 5.73 Å². The molecule has 1 aromatic heterocycles. The van der Waals surface area contributed by atoms with Crippen molar-refractivity contribution >= 4 is 23.3 Å². The molecule has 0 saturated heterocycles. The molecule has 1 amide bonds. The van der Waals surface area contributed by atoms with Gasteiger partial charge in [-0.05, 0) is 19.9 Å². The number of benzene rings is 1. The molecule has 1 atom stereocenters. The minimum Gasteiger partial charge on any atom is -0.383 e. The van der Waals surface area contributed by atoms with Crippen LogP contribution in [0.15, 0.2) is 30.5 Å². The smallest absolute Gasteiger partial charge is 0.257 e. The molecule has 0 radical (unpaired) electrons. The highest BCUT2D eigenvalue weighted by Crippen LogP contribution is 2.23. The van der Waals surface area contributed by atoms with Gasteiger partial charge in [0.2, 0.25) is 0 Å². The van der Waals surface area contributed by atoms with Crippen molar-refractivity contribution in [1.29, 1.82) is 5.26 Å². The predicted octanol–water partition coefficient (Wildman–Crippen LogP) is 2.69. The summed E-state index contributed by atoms with van der Waals surface area (Å²) in [6.45, 7) is 3.82. The Kier molecular flexibility index (Phi) is 4.68. The second-order valence-electron chi connectivity index (χ2n) is 5.04. The first-order valence-corrected chi connectivity index (χ1v) is 7.11. The van der Waals surface area contributed by atoms with Crippen molar-refractivity contribution in [2.24, 2.45) is 0 Å². The van der Waals surface area contributed by atoms with Gasteiger partial charge in [-0.1, -0.05) is 29.8 Å². The van der Waals surface area contributed by atoms with Crippen molar-refractivity contribution in [3.05, 3.63) is 46.6 Å². The molecule has 0 spiro atoms. The van der Waals surface area contributed by atoms with Gasteiger partial charge in [0.1, 0.15) is 17.4 Å². The molecule has 0 aliphatic heterocycles. The van der Waals surface area contributed by atoms with Crippen molar-refractivity contribution < 1.29 is 4.79 Å². The highest BCUT2D eigenvalue weighted by molar-refractivity contribution is 6.31. The number of aromatic nitrogens is 2. The van der Waals surface area contributed by atoms with Crippen LogP contribution in [-0.2, 0) is 0 Å². The van der Waals surface area contributed by atoms with Gasteiger partial charge < -0.3 is 11.1 Å². The van der Waals surface area contributed by atoms with Crippen LogP contribution in [-0.4, -0.2) is 15.7 Å². The summed E-state index contributed by atoms with van der Waals surface area (Å²) in [6.07, 6.45) is 1.39. The fourth-order valence-electron chi connectivity index (χ4n) is 2.06. The van der Waals surface area contributed by atoms with Crippen LogP contribution in [0.25, 0.3) is 0 Å². The lowest BCUT2D eigenvalue weighted by Crippen LogP contribution is -2.28. The average Bonchev–Trinajstić information content (AvgIpc) is 2.87. The minimum absolute atomic E-state index is 0.0388. The number of carbonyl (C=O) groups excluding carboxylic acids is 1. The fraction of sp³-hybridized carbons (Fsp3) is 0.267. The van der Waals surface area contributed by atoms with E-state index in [9.17, 15) is 10.1 Å². The second kappa shape index (κ2) is 6.50. The summed E-state index contributed by atoms with van der Waals surface area (Å²) in [5.41, 5.74) is 6.70. The van der Waals surface area contributed by atoms with Gasteiger partial charge in [0.05, 0.1) is 12.3 Å². The van der Waals surface area contributed by atoms with E-state index >= 15 is 0 Å². The summed E-state index contributed by atoms with van der Waals surface area (Å²) in [5.74, 6) is -0.195. The zero-order valence-corrected chi connectivity index (χ0v) is 13.0. The molecule has 0 aliphatic rings. The van der Waals surface area contributed by atoms with Gasteiger partial charge in [-0.3, -0.25) is 4.79 Å². The number of nitrogens with two attached hydrogens (primary N) is 1. The molecule has 0 saturated carbocycles. The Morgan fingerprint density at radius 3 is 2.68 bits per heavy atom. The van der Waals surface area contributed by atoms with Gasteiger partial charge >= 0.3 is 0 Å². The Labute approximate surface area is 133 Å². The normalized spacial score (nSPS) is 12.0. The lowest BCUT2D eigenvalue weighted by molar-refractivity contribution is 0.0946. The van der Waals surface area contributed by atoms with E-state index in [2.05, 4.69) is 10.4 Å². The van der Waals surface area contributed by atoms with Crippen LogP contribution in [0.4, 0.5) is 5.82 Å². The second-order valence-corrected chi connectivity index (χ2v) is 5.45. The number of carbonyl (C=O) groups is 1. The SMILES string of the molecule is CC(C)n1ncc(C(=O)N[C@@H](C#N)c2ccccc2Cl)c1N. The van der Waals surface area contributed by atoms with Gasteiger partial charge in [-0.2, -0.15) is 10.4 Å². The summed E-state index contributed by atoms with van der Waals surface area (Å²) in [4.78, 5) is 12.3. The van der Waals surface area contributed by atoms with Gasteiger partial charge in [0.25, 0.3) is 5.91 Å². The van der Waals surface area contributed by atoms with E-state index in [1.807, 2.05) is 19.9 Å². The number of nitriles is 1. The van der Waals surface area contributed by atoms with E-state index in [0.717, 1.165) is 0 Å². The van der Waals surface area contributed by atoms with E-state index in [0.29, 0.717) is 10.6 Å². The molecule has 7 heteroatoms. The zero-order chi connectivity index (χ0) is 16.3. The van der Waals surface area contributed by atoms with E-state index < -0.39 is 11.9 Å². The highest BCUT2D eigenvalue weighted by Gasteiger charge is 2.21. The first kappa shape index (κ1) is 15.9. The number of hydrogen-bond acceptors (Lipinski definition) is 4. The number of rotatable bonds is 4. The topological polar surface area (TPSA) is 96.7 Å². The molecule has 1 heterocycles. The Balaban J connectivity index is 2.24. The molecule has 0 bridgehead atoms. The van der Waals surface area contributed by atoms with E-state index in [4.69, 9.17) is 17.3 Å². The summed E-state index contributed by atoms with van der Waals surface area (Å²) in [5, 5.41) is 16.4. The molecule has 114 valence electrons. The molecule has 0 unspecified atom stereocenters. The molecule has 2 rings (SSSR count). The van der Waals surface area contributed by atoms with E-state index in [-0.39, 0.29) is 17.4 Å². The van der Waals surface area contributed by atoms with E-state index in [1.54, 1.807) is 28.9 Å². The number of amides is 1. The summed E-state index contributed by atoms with van der Waals surface area (Å²) in [6, 6.07) is 8.07. The first-order chi connectivity index (χ1) is 10.5. The molecule has 2 aromatic rings. The van der Waals surface area contributed by atoms with Crippen LogP contribution < -0.4 is 11.1 Å². The van der Waals surface area contributed by atoms with Crippen LogP contribution in [0.5, 0.6) is 0 Å². The van der Waals surface area contributed by atoms with Gasteiger partial charge in [0, 0.05) is 16.6 Å². The summed E-state index contributed by atoms with van der Waals surface area (Å²) < 4.78 is 1.55. The Morgan fingerprint density at radius 2 is 2.14 bits per heavy atom. The van der Waals surface area contributed by atoms with Crippen LogP contribution in [0.3, 0.4) is 0 Å². The number of nitrogens with zero attached hydrogens (tertiary/aromatic N) is 3. The van der Waals surface area contributed by atoms with Gasteiger partial charge in [-0.25, -0.2) is 4.68 Å². The van der Waals surface area contributed by atoms with Gasteiger partial charge in [-0.15, -0.1) is 0 Å².